The minimum atomic E-state index is 0.874. The molecule has 0 fully saturated rings. The van der Waals surface area contributed by atoms with Crippen LogP contribution in [0.5, 0.6) is 0 Å². The van der Waals surface area contributed by atoms with Gasteiger partial charge >= 0.3 is 0 Å². The number of aromatic nitrogens is 4. The second-order valence-corrected chi connectivity index (χ2v) is 15.3. The standard InChI is InChI=1S/C55H37N5/c1-3-13-38(14-4-1)40-23-27-42(28-24-40)57(43-29-25-41(26-30-43)39-15-5-2-6-16-39)46-35-36-53-54(37-46)60-52-22-12-9-19-49(52)56-55(60)59(53)45-33-31-44(32-34-45)58-50-20-10-7-17-47(50)48-18-8-11-21-51(48)58/h1-37H. The van der Waals surface area contributed by atoms with Gasteiger partial charge in [0.1, 0.15) is 0 Å². The predicted octanol–water partition coefficient (Wildman–Crippen LogP) is 14.3. The maximum absolute atomic E-state index is 5.26. The molecular weight excluding hydrogens is 731 g/mol. The summed E-state index contributed by atoms with van der Waals surface area (Å²) >= 11 is 0. The van der Waals surface area contributed by atoms with Gasteiger partial charge in [0.05, 0.1) is 33.1 Å². The largest absolute Gasteiger partial charge is 0.310 e. The summed E-state index contributed by atoms with van der Waals surface area (Å²) in [5.41, 5.74) is 16.7. The number of hydrogen-bond acceptors (Lipinski definition) is 2. The van der Waals surface area contributed by atoms with Crippen molar-refractivity contribution >= 4 is 66.7 Å². The maximum atomic E-state index is 5.26. The molecule has 9 aromatic carbocycles. The van der Waals surface area contributed by atoms with E-state index in [0.29, 0.717) is 0 Å². The summed E-state index contributed by atoms with van der Waals surface area (Å²) in [4.78, 5) is 7.61. The van der Waals surface area contributed by atoms with E-state index < -0.39 is 0 Å². The molecule has 12 rings (SSSR count). The second kappa shape index (κ2) is 13.8. The number of para-hydroxylation sites is 4. The Morgan fingerprint density at radius 3 is 1.33 bits per heavy atom. The first-order valence-corrected chi connectivity index (χ1v) is 20.4. The Bertz CT molecular complexity index is 3370. The molecule has 3 aromatic heterocycles. The van der Waals surface area contributed by atoms with Crippen molar-refractivity contribution in [2.24, 2.45) is 0 Å². The van der Waals surface area contributed by atoms with Gasteiger partial charge < -0.3 is 9.47 Å². The monoisotopic (exact) mass is 767 g/mol. The number of fused-ring (bicyclic) bond motifs is 8. The summed E-state index contributed by atoms with van der Waals surface area (Å²) in [5, 5.41) is 2.51. The molecule has 0 radical (unpaired) electrons. The van der Waals surface area contributed by atoms with Crippen molar-refractivity contribution in [1.82, 2.24) is 18.5 Å². The van der Waals surface area contributed by atoms with E-state index in [0.717, 1.165) is 56.3 Å². The van der Waals surface area contributed by atoms with Crippen LogP contribution in [0.2, 0.25) is 0 Å². The van der Waals surface area contributed by atoms with Gasteiger partial charge in [0.2, 0.25) is 5.78 Å². The molecule has 5 nitrogen and oxygen atoms in total. The van der Waals surface area contributed by atoms with Crippen molar-refractivity contribution in [2.75, 3.05) is 4.90 Å². The van der Waals surface area contributed by atoms with Crippen LogP contribution < -0.4 is 4.90 Å². The molecule has 0 N–H and O–H groups in total. The first-order chi connectivity index (χ1) is 29.8. The van der Waals surface area contributed by atoms with Gasteiger partial charge in [0.25, 0.3) is 0 Å². The fourth-order valence-electron chi connectivity index (χ4n) is 9.05. The lowest BCUT2D eigenvalue weighted by Gasteiger charge is -2.26. The van der Waals surface area contributed by atoms with Crippen molar-refractivity contribution in [3.8, 4) is 33.6 Å². The number of anilines is 3. The number of imidazole rings is 2. The Morgan fingerprint density at radius 1 is 0.317 bits per heavy atom. The van der Waals surface area contributed by atoms with E-state index in [4.69, 9.17) is 4.98 Å². The molecular formula is C55H37N5. The topological polar surface area (TPSA) is 30.4 Å². The van der Waals surface area contributed by atoms with Crippen molar-refractivity contribution in [1.29, 1.82) is 0 Å². The van der Waals surface area contributed by atoms with E-state index in [1.807, 2.05) is 0 Å². The first-order valence-electron chi connectivity index (χ1n) is 20.4. The van der Waals surface area contributed by atoms with E-state index in [1.165, 1.54) is 44.1 Å². The molecule has 5 heteroatoms. The van der Waals surface area contributed by atoms with Crippen LogP contribution in [0.4, 0.5) is 17.1 Å². The summed E-state index contributed by atoms with van der Waals surface area (Å²) in [5.74, 6) is 0.874. The van der Waals surface area contributed by atoms with Crippen molar-refractivity contribution < 1.29 is 0 Å². The SMILES string of the molecule is c1ccc(-c2ccc(N(c3ccc(-c4ccccc4)cc3)c3ccc4c(c3)n3c5ccccc5nc3n4-c3ccc(-n4c5ccccc5c5ccccc54)cc3)cc2)cc1. The summed E-state index contributed by atoms with van der Waals surface area (Å²) < 4.78 is 6.97. The molecule has 282 valence electrons. The Labute approximate surface area is 346 Å². The summed E-state index contributed by atoms with van der Waals surface area (Å²) in [6, 6.07) is 80.3. The third kappa shape index (κ3) is 5.44. The van der Waals surface area contributed by atoms with Gasteiger partial charge in [-0.15, -0.1) is 0 Å². The molecule has 60 heavy (non-hydrogen) atoms. The molecule has 0 aliphatic carbocycles. The van der Waals surface area contributed by atoms with Gasteiger partial charge in [-0.2, -0.15) is 0 Å². The minimum Gasteiger partial charge on any atom is -0.310 e. The average Bonchev–Trinajstić information content (AvgIpc) is 3.97. The van der Waals surface area contributed by atoms with E-state index >= 15 is 0 Å². The molecule has 0 aliphatic heterocycles. The van der Waals surface area contributed by atoms with Crippen LogP contribution in [0.25, 0.3) is 83.3 Å². The van der Waals surface area contributed by atoms with E-state index in [2.05, 4.69) is 243 Å². The highest BCUT2D eigenvalue weighted by Gasteiger charge is 2.21. The van der Waals surface area contributed by atoms with Crippen LogP contribution in [0.15, 0.2) is 224 Å². The molecule has 0 atom stereocenters. The highest BCUT2D eigenvalue weighted by Crippen LogP contribution is 2.40. The van der Waals surface area contributed by atoms with Gasteiger partial charge in [-0.1, -0.05) is 133 Å². The van der Waals surface area contributed by atoms with E-state index in [-0.39, 0.29) is 0 Å². The number of hydrogen-bond donors (Lipinski definition) is 0. The Hall–Kier alpha value is -8.15. The van der Waals surface area contributed by atoms with Crippen molar-refractivity contribution in [3.05, 3.63) is 224 Å². The Balaban J connectivity index is 1.02. The van der Waals surface area contributed by atoms with E-state index in [1.54, 1.807) is 0 Å². The summed E-state index contributed by atoms with van der Waals surface area (Å²) in [7, 11) is 0. The first kappa shape index (κ1) is 33.9. The lowest BCUT2D eigenvalue weighted by Crippen LogP contribution is -2.10. The third-order valence-corrected chi connectivity index (χ3v) is 11.9. The van der Waals surface area contributed by atoms with Gasteiger partial charge in [-0.05, 0) is 113 Å². The molecule has 12 aromatic rings. The van der Waals surface area contributed by atoms with Crippen molar-refractivity contribution in [2.45, 2.75) is 0 Å². The molecule has 3 heterocycles. The smallest absolute Gasteiger partial charge is 0.220 e. The van der Waals surface area contributed by atoms with E-state index in [9.17, 15) is 0 Å². The molecule has 0 spiro atoms. The Kier molecular flexibility index (Phi) is 7.78. The normalized spacial score (nSPS) is 11.7. The number of nitrogens with zero attached hydrogens (tertiary/aromatic N) is 5. The van der Waals surface area contributed by atoms with Gasteiger partial charge in [0, 0.05) is 39.2 Å². The van der Waals surface area contributed by atoms with Crippen LogP contribution in [-0.4, -0.2) is 18.5 Å². The minimum absolute atomic E-state index is 0.874. The zero-order chi connectivity index (χ0) is 39.6. The van der Waals surface area contributed by atoms with Crippen molar-refractivity contribution in [3.63, 3.8) is 0 Å². The highest BCUT2D eigenvalue weighted by molar-refractivity contribution is 6.09. The zero-order valence-corrected chi connectivity index (χ0v) is 32.6. The fourth-order valence-corrected chi connectivity index (χ4v) is 9.05. The number of rotatable bonds is 7. The Morgan fingerprint density at radius 2 is 0.767 bits per heavy atom. The highest BCUT2D eigenvalue weighted by atomic mass is 15.2. The second-order valence-electron chi connectivity index (χ2n) is 15.3. The lowest BCUT2D eigenvalue weighted by atomic mass is 10.0. The third-order valence-electron chi connectivity index (χ3n) is 11.9. The summed E-state index contributed by atoms with van der Waals surface area (Å²) in [6.07, 6.45) is 0. The molecule has 0 saturated heterocycles. The fraction of sp³-hybridized carbons (Fsp3) is 0. The number of benzene rings is 9. The zero-order valence-electron chi connectivity index (χ0n) is 32.6. The molecule has 0 amide bonds. The molecule has 0 aliphatic rings. The average molecular weight is 768 g/mol. The predicted molar refractivity (Wildman–Crippen MR) is 249 cm³/mol. The molecule has 0 saturated carbocycles. The molecule has 0 unspecified atom stereocenters. The molecule has 0 bridgehead atoms. The van der Waals surface area contributed by atoms with Crippen LogP contribution in [0.3, 0.4) is 0 Å². The van der Waals surface area contributed by atoms with Gasteiger partial charge in [0.15, 0.2) is 0 Å². The summed E-state index contributed by atoms with van der Waals surface area (Å²) in [6.45, 7) is 0. The maximum Gasteiger partial charge on any atom is 0.220 e. The lowest BCUT2D eigenvalue weighted by molar-refractivity contribution is 1.10. The van der Waals surface area contributed by atoms with Gasteiger partial charge in [-0.3, -0.25) is 8.97 Å². The van der Waals surface area contributed by atoms with Crippen LogP contribution in [0, 0.1) is 0 Å². The quantitative estimate of drug-likeness (QED) is 0.162. The van der Waals surface area contributed by atoms with Crippen LogP contribution in [0.1, 0.15) is 0 Å². The van der Waals surface area contributed by atoms with Crippen LogP contribution in [-0.2, 0) is 0 Å². The van der Waals surface area contributed by atoms with Gasteiger partial charge in [-0.25, -0.2) is 4.98 Å². The van der Waals surface area contributed by atoms with Crippen LogP contribution >= 0.6 is 0 Å².